The van der Waals surface area contributed by atoms with Crippen molar-refractivity contribution < 1.29 is 0 Å². The minimum atomic E-state index is 0.793. The normalized spacial score (nSPS) is 12.7. The summed E-state index contributed by atoms with van der Waals surface area (Å²) in [5.74, 6) is 1.65. The van der Waals surface area contributed by atoms with Gasteiger partial charge in [-0.25, -0.2) is 0 Å². The summed E-state index contributed by atoms with van der Waals surface area (Å²) in [4.78, 5) is 0. The molecule has 0 aliphatic rings. The van der Waals surface area contributed by atoms with Gasteiger partial charge < -0.3 is 0 Å². The Morgan fingerprint density at radius 1 is 0.361 bits per heavy atom. The first-order valence-electron chi connectivity index (χ1n) is 16.3. The number of unbranched alkanes of at least 4 members (excludes halogenated alkanes) is 14. The highest BCUT2D eigenvalue weighted by Gasteiger charge is 2.11. The van der Waals surface area contributed by atoms with Crippen LogP contribution in [0.5, 0.6) is 0 Å². The van der Waals surface area contributed by atoms with Crippen LogP contribution in [0.1, 0.15) is 169 Å². The van der Waals surface area contributed by atoms with E-state index in [4.69, 9.17) is 0 Å². The molecule has 36 heavy (non-hydrogen) atoms. The van der Waals surface area contributed by atoms with Gasteiger partial charge in [0.2, 0.25) is 0 Å². The third kappa shape index (κ3) is 27.5. The maximum Gasteiger partial charge on any atom is -0.0316 e. The summed E-state index contributed by atoms with van der Waals surface area (Å²) in [6.45, 7) is 9.39. The van der Waals surface area contributed by atoms with Crippen LogP contribution in [0.3, 0.4) is 0 Å². The molecule has 0 N–H and O–H groups in total. The Balaban J connectivity index is 3.68. The van der Waals surface area contributed by atoms with E-state index in [1.54, 1.807) is 0 Å². The van der Waals surface area contributed by atoms with Gasteiger partial charge in [-0.15, -0.1) is 0 Å². The van der Waals surface area contributed by atoms with E-state index in [1.165, 1.54) is 141 Å². The van der Waals surface area contributed by atoms with Gasteiger partial charge in [-0.2, -0.15) is 0 Å². The highest BCUT2D eigenvalue weighted by Crippen LogP contribution is 2.23. The third-order valence-electron chi connectivity index (χ3n) is 7.47. The fraction of sp³-hybridized carbons (Fsp3) is 0.778. The summed E-state index contributed by atoms with van der Waals surface area (Å²) in [5.41, 5.74) is 0. The molecular weight excluding hydrogens is 432 g/mol. The molecule has 0 rings (SSSR count). The smallest absolute Gasteiger partial charge is 0.0316 e. The molecule has 0 saturated heterocycles. The lowest BCUT2D eigenvalue weighted by molar-refractivity contribution is 0.341. The summed E-state index contributed by atoms with van der Waals surface area (Å²) in [7, 11) is 0. The molecule has 0 bridgehead atoms. The quantitative estimate of drug-likeness (QED) is 0.0780. The molecule has 0 amide bonds. The Hall–Kier alpha value is -1.04. The molecule has 0 aromatic heterocycles. The average Bonchev–Trinajstić information content (AvgIpc) is 2.87. The highest BCUT2D eigenvalue weighted by molar-refractivity contribution is 4.90. The molecule has 0 heteroatoms. The largest absolute Gasteiger partial charge is 0.0885 e. The molecular formula is C36H66. The van der Waals surface area contributed by atoms with E-state index in [0.29, 0.717) is 0 Å². The third-order valence-corrected chi connectivity index (χ3v) is 7.47. The van der Waals surface area contributed by atoms with Gasteiger partial charge >= 0.3 is 0 Å². The SMILES string of the molecule is CCCCCCCC/C=C/CC/C=C/CCC(CC/C=C/CC/C=C/CCCCCCCC)C(C)C. The van der Waals surface area contributed by atoms with Gasteiger partial charge in [0.15, 0.2) is 0 Å². The minimum Gasteiger partial charge on any atom is -0.0885 e. The number of allylic oxidation sites excluding steroid dienone is 8. The molecule has 0 aromatic rings. The Kier molecular flexibility index (Phi) is 29.3. The summed E-state index contributed by atoms with van der Waals surface area (Å²) >= 11 is 0. The Bertz CT molecular complexity index is 474. The molecule has 0 spiro atoms. The molecule has 0 unspecified atom stereocenters. The molecule has 0 aliphatic heterocycles. The van der Waals surface area contributed by atoms with Crippen molar-refractivity contribution in [2.24, 2.45) is 11.8 Å². The summed E-state index contributed by atoms with van der Waals surface area (Å²) in [6.07, 6.45) is 48.6. The number of hydrogen-bond acceptors (Lipinski definition) is 0. The van der Waals surface area contributed by atoms with Crippen molar-refractivity contribution in [2.75, 3.05) is 0 Å². The molecule has 210 valence electrons. The number of rotatable bonds is 27. The van der Waals surface area contributed by atoms with E-state index in [0.717, 1.165) is 11.8 Å². The van der Waals surface area contributed by atoms with Crippen molar-refractivity contribution in [1.82, 2.24) is 0 Å². The zero-order valence-corrected chi connectivity index (χ0v) is 25.3. The zero-order valence-electron chi connectivity index (χ0n) is 25.3. The van der Waals surface area contributed by atoms with Gasteiger partial charge in [0.25, 0.3) is 0 Å². The summed E-state index contributed by atoms with van der Waals surface area (Å²) in [6, 6.07) is 0. The van der Waals surface area contributed by atoms with Crippen LogP contribution in [0, 0.1) is 11.8 Å². The van der Waals surface area contributed by atoms with Crippen molar-refractivity contribution in [2.45, 2.75) is 169 Å². The van der Waals surface area contributed by atoms with E-state index >= 15 is 0 Å². The molecule has 0 atom stereocenters. The molecule has 0 fully saturated rings. The summed E-state index contributed by atoms with van der Waals surface area (Å²) < 4.78 is 0. The Morgan fingerprint density at radius 2 is 0.667 bits per heavy atom. The predicted octanol–water partition coefficient (Wildman–Crippen LogP) is 13.1. The average molecular weight is 499 g/mol. The fourth-order valence-electron chi connectivity index (χ4n) is 4.84. The van der Waals surface area contributed by atoms with Crippen LogP contribution in [0.2, 0.25) is 0 Å². The fourth-order valence-corrected chi connectivity index (χ4v) is 4.84. The second-order valence-electron chi connectivity index (χ2n) is 11.3. The monoisotopic (exact) mass is 499 g/mol. The first kappa shape index (κ1) is 35.0. The first-order chi connectivity index (χ1) is 17.7. The van der Waals surface area contributed by atoms with Crippen LogP contribution >= 0.6 is 0 Å². The molecule has 0 saturated carbocycles. The topological polar surface area (TPSA) is 0 Å². The van der Waals surface area contributed by atoms with Gasteiger partial charge in [-0.3, -0.25) is 0 Å². The van der Waals surface area contributed by atoms with Crippen molar-refractivity contribution in [1.29, 1.82) is 0 Å². The van der Waals surface area contributed by atoms with E-state index in [-0.39, 0.29) is 0 Å². The van der Waals surface area contributed by atoms with Crippen molar-refractivity contribution in [3.05, 3.63) is 48.6 Å². The van der Waals surface area contributed by atoms with Crippen LogP contribution in [0.15, 0.2) is 48.6 Å². The molecule has 0 aliphatic carbocycles. The molecule has 0 aromatic carbocycles. The first-order valence-corrected chi connectivity index (χ1v) is 16.3. The Morgan fingerprint density at radius 3 is 1.03 bits per heavy atom. The zero-order chi connectivity index (χ0) is 26.4. The van der Waals surface area contributed by atoms with Gasteiger partial charge in [-0.05, 0) is 88.9 Å². The van der Waals surface area contributed by atoms with Crippen LogP contribution in [-0.2, 0) is 0 Å². The van der Waals surface area contributed by atoms with E-state index < -0.39 is 0 Å². The second-order valence-corrected chi connectivity index (χ2v) is 11.3. The van der Waals surface area contributed by atoms with E-state index in [1.807, 2.05) is 0 Å². The van der Waals surface area contributed by atoms with Crippen LogP contribution in [0.4, 0.5) is 0 Å². The van der Waals surface area contributed by atoms with Gasteiger partial charge in [0.05, 0.1) is 0 Å². The summed E-state index contributed by atoms with van der Waals surface area (Å²) in [5, 5.41) is 0. The van der Waals surface area contributed by atoms with Crippen molar-refractivity contribution in [3.63, 3.8) is 0 Å². The van der Waals surface area contributed by atoms with Crippen molar-refractivity contribution >= 4 is 0 Å². The standard InChI is InChI=1S/C36H66/c1-5-7-9-11-13-15-17-19-21-23-25-27-29-31-33-36(35(3)4)34-32-30-28-26-24-22-20-18-16-14-12-10-8-6-2/h19-22,27-30,35-36H,5-18,23-26,31-34H2,1-4H3/b21-19+,22-20+,29-27+,30-28+. The lowest BCUT2D eigenvalue weighted by atomic mass is 9.87. The predicted molar refractivity (Wildman–Crippen MR) is 168 cm³/mol. The van der Waals surface area contributed by atoms with E-state index in [9.17, 15) is 0 Å². The second kappa shape index (κ2) is 30.2. The van der Waals surface area contributed by atoms with Gasteiger partial charge in [-0.1, -0.05) is 141 Å². The van der Waals surface area contributed by atoms with Gasteiger partial charge in [0, 0.05) is 0 Å². The molecule has 0 nitrogen and oxygen atoms in total. The highest BCUT2D eigenvalue weighted by atomic mass is 14.2. The molecule has 0 heterocycles. The van der Waals surface area contributed by atoms with Crippen LogP contribution in [-0.4, -0.2) is 0 Å². The maximum absolute atomic E-state index is 2.43. The van der Waals surface area contributed by atoms with Crippen LogP contribution < -0.4 is 0 Å². The maximum atomic E-state index is 2.43. The van der Waals surface area contributed by atoms with Crippen LogP contribution in [0.25, 0.3) is 0 Å². The lowest BCUT2D eigenvalue weighted by Gasteiger charge is -2.19. The van der Waals surface area contributed by atoms with Gasteiger partial charge in [0.1, 0.15) is 0 Å². The Labute approximate surface area is 229 Å². The lowest BCUT2D eigenvalue weighted by Crippen LogP contribution is -2.08. The number of hydrogen-bond donors (Lipinski definition) is 0. The molecule has 0 radical (unpaired) electrons. The minimum absolute atomic E-state index is 0.793. The van der Waals surface area contributed by atoms with E-state index in [2.05, 4.69) is 76.3 Å². The van der Waals surface area contributed by atoms with Crippen molar-refractivity contribution in [3.8, 4) is 0 Å².